The lowest BCUT2D eigenvalue weighted by atomic mass is 9.99. The normalized spacial score (nSPS) is 14.9. The summed E-state index contributed by atoms with van der Waals surface area (Å²) >= 11 is 3.87. The summed E-state index contributed by atoms with van der Waals surface area (Å²) in [5.74, 6) is -4.85. The highest BCUT2D eigenvalue weighted by Gasteiger charge is 2.27. The van der Waals surface area contributed by atoms with Gasteiger partial charge in [-0.25, -0.2) is 4.79 Å². The molecule has 4 unspecified atom stereocenters. The Balaban J connectivity index is 4.86. The molecular formula is C16H28N4O7S. The summed E-state index contributed by atoms with van der Waals surface area (Å²) in [5.41, 5.74) is 5.51. The second-order valence-electron chi connectivity index (χ2n) is 6.27. The van der Waals surface area contributed by atoms with Gasteiger partial charge in [0.05, 0.1) is 12.6 Å². The number of carboxylic acids is 2. The average Bonchev–Trinajstić information content (AvgIpc) is 2.65. The topological polar surface area (TPSA) is 188 Å². The Hall–Kier alpha value is -2.34. The SMILES string of the molecule is CCC(C)C(NC(=O)CNC(=O)C(CCC(=O)O)NC(=O)C(N)CS)C(=O)O. The molecule has 0 aromatic carbocycles. The van der Waals surface area contributed by atoms with E-state index in [9.17, 15) is 24.0 Å². The van der Waals surface area contributed by atoms with Crippen LogP contribution in [0.4, 0.5) is 0 Å². The first-order chi connectivity index (χ1) is 13.0. The molecule has 0 radical (unpaired) electrons. The van der Waals surface area contributed by atoms with Crippen molar-refractivity contribution in [3.63, 3.8) is 0 Å². The van der Waals surface area contributed by atoms with Crippen LogP contribution in [0.3, 0.4) is 0 Å². The molecule has 0 aliphatic heterocycles. The summed E-state index contributed by atoms with van der Waals surface area (Å²) < 4.78 is 0. The number of nitrogens with one attached hydrogen (secondary N) is 3. The number of carbonyl (C=O) groups is 5. The molecule has 0 spiro atoms. The summed E-state index contributed by atoms with van der Waals surface area (Å²) in [6.45, 7) is 2.91. The van der Waals surface area contributed by atoms with E-state index in [-0.39, 0.29) is 18.1 Å². The van der Waals surface area contributed by atoms with E-state index < -0.39 is 60.8 Å². The molecule has 12 heteroatoms. The van der Waals surface area contributed by atoms with E-state index in [0.717, 1.165) is 0 Å². The van der Waals surface area contributed by atoms with E-state index >= 15 is 0 Å². The third-order valence-corrected chi connectivity index (χ3v) is 4.43. The van der Waals surface area contributed by atoms with Crippen LogP contribution >= 0.6 is 12.6 Å². The van der Waals surface area contributed by atoms with Crippen molar-refractivity contribution in [3.8, 4) is 0 Å². The third kappa shape index (κ3) is 9.55. The van der Waals surface area contributed by atoms with Gasteiger partial charge in [0.2, 0.25) is 17.7 Å². The van der Waals surface area contributed by atoms with Crippen LogP contribution in [-0.2, 0) is 24.0 Å². The highest BCUT2D eigenvalue weighted by atomic mass is 32.1. The molecule has 0 aliphatic carbocycles. The van der Waals surface area contributed by atoms with E-state index in [4.69, 9.17) is 15.9 Å². The largest absolute Gasteiger partial charge is 0.481 e. The predicted octanol–water partition coefficient (Wildman–Crippen LogP) is -1.68. The standard InChI is InChI=1S/C16H28N4O7S/c1-3-8(2)13(16(26)27)20-11(21)6-18-15(25)10(4-5-12(22)23)19-14(24)9(17)7-28/h8-10,13,28H,3-7,17H2,1-2H3,(H,18,25)(H,19,24)(H,20,21)(H,22,23)(H,26,27). The molecule has 4 atom stereocenters. The van der Waals surface area contributed by atoms with Crippen molar-refractivity contribution in [3.05, 3.63) is 0 Å². The summed E-state index contributed by atoms with van der Waals surface area (Å²) in [6.07, 6.45) is -0.0769. The Bertz CT molecular complexity index is 587. The second kappa shape index (κ2) is 12.9. The fraction of sp³-hybridized carbons (Fsp3) is 0.688. The fourth-order valence-corrected chi connectivity index (χ4v) is 2.26. The minimum absolute atomic E-state index is 0.0215. The molecule has 0 heterocycles. The number of thiol groups is 1. The van der Waals surface area contributed by atoms with Gasteiger partial charge in [0.15, 0.2) is 0 Å². The summed E-state index contributed by atoms with van der Waals surface area (Å²) in [6, 6.07) is -3.31. The van der Waals surface area contributed by atoms with Crippen LogP contribution in [0.2, 0.25) is 0 Å². The number of carboxylic acid groups (broad SMARTS) is 2. The first kappa shape index (κ1) is 25.7. The van der Waals surface area contributed by atoms with Gasteiger partial charge < -0.3 is 31.9 Å². The number of amides is 3. The number of aliphatic carboxylic acids is 2. The average molecular weight is 420 g/mol. The molecule has 0 bridgehead atoms. The van der Waals surface area contributed by atoms with Crippen molar-refractivity contribution in [1.29, 1.82) is 0 Å². The maximum absolute atomic E-state index is 12.2. The van der Waals surface area contributed by atoms with E-state index in [1.807, 2.05) is 0 Å². The van der Waals surface area contributed by atoms with Crippen molar-refractivity contribution in [2.45, 2.75) is 51.2 Å². The Labute approximate surface area is 168 Å². The zero-order valence-electron chi connectivity index (χ0n) is 15.8. The smallest absolute Gasteiger partial charge is 0.326 e. The first-order valence-corrected chi connectivity index (χ1v) is 9.35. The zero-order chi connectivity index (χ0) is 21.9. The predicted molar refractivity (Wildman–Crippen MR) is 103 cm³/mol. The maximum atomic E-state index is 12.2. The molecule has 160 valence electrons. The Kier molecular flexibility index (Phi) is 11.9. The van der Waals surface area contributed by atoms with E-state index in [1.165, 1.54) is 0 Å². The van der Waals surface area contributed by atoms with E-state index in [2.05, 4.69) is 28.6 Å². The summed E-state index contributed by atoms with van der Waals surface area (Å²) in [4.78, 5) is 58.0. The molecule has 28 heavy (non-hydrogen) atoms. The van der Waals surface area contributed by atoms with Gasteiger partial charge in [-0.05, 0) is 12.3 Å². The van der Waals surface area contributed by atoms with Gasteiger partial charge in [0.1, 0.15) is 12.1 Å². The molecule has 7 N–H and O–H groups in total. The molecule has 3 amide bonds. The van der Waals surface area contributed by atoms with Crippen LogP contribution in [-0.4, -0.2) is 70.3 Å². The lowest BCUT2D eigenvalue weighted by Crippen LogP contribution is -2.54. The highest BCUT2D eigenvalue weighted by molar-refractivity contribution is 7.80. The number of hydrogen-bond acceptors (Lipinski definition) is 7. The summed E-state index contributed by atoms with van der Waals surface area (Å²) in [7, 11) is 0. The Morgan fingerprint density at radius 3 is 2.14 bits per heavy atom. The van der Waals surface area contributed by atoms with Crippen molar-refractivity contribution in [1.82, 2.24) is 16.0 Å². The first-order valence-electron chi connectivity index (χ1n) is 8.71. The van der Waals surface area contributed by atoms with Gasteiger partial charge in [-0.3, -0.25) is 19.2 Å². The number of nitrogens with two attached hydrogens (primary N) is 1. The van der Waals surface area contributed by atoms with Crippen molar-refractivity contribution < 1.29 is 34.2 Å². The van der Waals surface area contributed by atoms with Crippen LogP contribution in [0.25, 0.3) is 0 Å². The third-order valence-electron chi connectivity index (χ3n) is 4.03. The molecule has 0 rings (SSSR count). The molecule has 0 saturated heterocycles. The van der Waals surface area contributed by atoms with Crippen molar-refractivity contribution in [2.24, 2.45) is 11.7 Å². The molecule has 11 nitrogen and oxygen atoms in total. The minimum Gasteiger partial charge on any atom is -0.481 e. The van der Waals surface area contributed by atoms with Gasteiger partial charge in [-0.15, -0.1) is 0 Å². The molecule has 0 saturated carbocycles. The van der Waals surface area contributed by atoms with Gasteiger partial charge >= 0.3 is 11.9 Å². The lowest BCUT2D eigenvalue weighted by Gasteiger charge is -2.21. The molecule has 0 aromatic rings. The molecule has 0 aliphatic rings. The maximum Gasteiger partial charge on any atom is 0.326 e. The quantitative estimate of drug-likeness (QED) is 0.172. The molecular weight excluding hydrogens is 392 g/mol. The number of hydrogen-bond donors (Lipinski definition) is 7. The van der Waals surface area contributed by atoms with Crippen LogP contribution in [0.15, 0.2) is 0 Å². The minimum atomic E-state index is -1.22. The van der Waals surface area contributed by atoms with E-state index in [0.29, 0.717) is 6.42 Å². The van der Waals surface area contributed by atoms with Gasteiger partial charge in [0, 0.05) is 12.2 Å². The van der Waals surface area contributed by atoms with Crippen molar-refractivity contribution >= 4 is 42.3 Å². The number of rotatable bonds is 13. The van der Waals surface area contributed by atoms with Crippen LogP contribution in [0.1, 0.15) is 33.1 Å². The Morgan fingerprint density at radius 1 is 1.07 bits per heavy atom. The fourth-order valence-electron chi connectivity index (χ4n) is 2.10. The summed E-state index contributed by atoms with van der Waals surface area (Å²) in [5, 5.41) is 24.8. The van der Waals surface area contributed by atoms with Gasteiger partial charge in [-0.2, -0.15) is 12.6 Å². The van der Waals surface area contributed by atoms with E-state index in [1.54, 1.807) is 13.8 Å². The zero-order valence-corrected chi connectivity index (χ0v) is 16.7. The van der Waals surface area contributed by atoms with Gasteiger partial charge in [0.25, 0.3) is 0 Å². The molecule has 0 fully saturated rings. The molecule has 0 aromatic heterocycles. The van der Waals surface area contributed by atoms with Crippen LogP contribution < -0.4 is 21.7 Å². The lowest BCUT2D eigenvalue weighted by molar-refractivity contribution is -0.143. The second-order valence-corrected chi connectivity index (χ2v) is 6.63. The highest BCUT2D eigenvalue weighted by Crippen LogP contribution is 2.07. The van der Waals surface area contributed by atoms with Gasteiger partial charge in [-0.1, -0.05) is 20.3 Å². The number of carbonyl (C=O) groups excluding carboxylic acids is 3. The monoisotopic (exact) mass is 420 g/mol. The Morgan fingerprint density at radius 2 is 1.68 bits per heavy atom. The van der Waals surface area contributed by atoms with Crippen LogP contribution in [0.5, 0.6) is 0 Å². The van der Waals surface area contributed by atoms with Crippen molar-refractivity contribution in [2.75, 3.05) is 12.3 Å². The van der Waals surface area contributed by atoms with Crippen LogP contribution in [0, 0.1) is 5.92 Å².